The average molecular weight is 609 g/mol. The van der Waals surface area contributed by atoms with Gasteiger partial charge in [0.05, 0.1) is 17.9 Å². The minimum atomic E-state index is -1.13. The highest BCUT2D eigenvalue weighted by Crippen LogP contribution is 2.55. The minimum Gasteiger partial charge on any atom is -0.359 e. The van der Waals surface area contributed by atoms with Crippen LogP contribution in [0.15, 0.2) is 41.3 Å². The van der Waals surface area contributed by atoms with Crippen LogP contribution in [0.1, 0.15) is 65.7 Å². The number of fused-ring (bicyclic) bond motifs is 1. The van der Waals surface area contributed by atoms with Crippen LogP contribution in [0.2, 0.25) is 0 Å². The second kappa shape index (κ2) is 12.6. The Balaban J connectivity index is 1.28. The van der Waals surface area contributed by atoms with Crippen molar-refractivity contribution < 1.29 is 19.1 Å². The molecule has 1 aromatic carbocycles. The van der Waals surface area contributed by atoms with Crippen LogP contribution in [-0.4, -0.2) is 83.2 Å². The third-order valence-electron chi connectivity index (χ3n) is 11.1. The van der Waals surface area contributed by atoms with Crippen LogP contribution in [0.5, 0.6) is 0 Å². The molecule has 0 aromatic heterocycles. The van der Waals surface area contributed by atoms with E-state index in [0.29, 0.717) is 30.1 Å². The van der Waals surface area contributed by atoms with Crippen molar-refractivity contribution in [3.63, 3.8) is 0 Å². The Bertz CT molecular complexity index is 1260. The maximum Gasteiger partial charge on any atom is 0.246 e. The first-order valence-electron chi connectivity index (χ1n) is 16.4. The Morgan fingerprint density at radius 3 is 2.72 bits per heavy atom. The Kier molecular flexibility index (Phi) is 8.96. The maximum atomic E-state index is 14.4. The van der Waals surface area contributed by atoms with Crippen molar-refractivity contribution in [2.45, 2.75) is 100 Å². The molecular formula is C34H48N4O4S. The molecule has 3 saturated heterocycles. The van der Waals surface area contributed by atoms with E-state index in [1.165, 1.54) is 19.3 Å². The van der Waals surface area contributed by atoms with Crippen molar-refractivity contribution in [3.05, 3.63) is 36.4 Å². The van der Waals surface area contributed by atoms with Crippen molar-refractivity contribution in [2.75, 3.05) is 31.2 Å². The predicted octanol–water partition coefficient (Wildman–Crippen LogP) is 4.70. The molecule has 4 fully saturated rings. The molecule has 6 rings (SSSR count). The van der Waals surface area contributed by atoms with Crippen LogP contribution >= 0.6 is 11.8 Å². The number of carbonyl (C=O) groups is 3. The number of hydrogen-bond acceptors (Lipinski definition) is 6. The van der Waals surface area contributed by atoms with Gasteiger partial charge in [-0.15, -0.1) is 11.8 Å². The van der Waals surface area contributed by atoms with Crippen LogP contribution in [-0.2, 0) is 19.1 Å². The molecule has 4 aliphatic heterocycles. The summed E-state index contributed by atoms with van der Waals surface area (Å²) in [6.07, 6.45) is 13.1. The van der Waals surface area contributed by atoms with E-state index in [1.54, 1.807) is 16.7 Å². The van der Waals surface area contributed by atoms with Crippen LogP contribution in [0.25, 0.3) is 0 Å². The molecule has 9 heteroatoms. The SMILES string of the molecule is CCC1CCCCN1CCN1C(=O)C2C(C(=O)Nc3cccc(SC)c3)C3C=CC2(O3)C1C(=O)NC1CCCC(C)C1C. The van der Waals surface area contributed by atoms with E-state index >= 15 is 0 Å². The summed E-state index contributed by atoms with van der Waals surface area (Å²) < 4.78 is 6.59. The summed E-state index contributed by atoms with van der Waals surface area (Å²) in [5, 5.41) is 6.43. The summed E-state index contributed by atoms with van der Waals surface area (Å²) in [5.41, 5.74) is -0.435. The molecule has 5 aliphatic rings. The van der Waals surface area contributed by atoms with Gasteiger partial charge in [0.1, 0.15) is 11.6 Å². The Morgan fingerprint density at radius 2 is 1.93 bits per heavy atom. The van der Waals surface area contributed by atoms with E-state index in [1.807, 2.05) is 42.7 Å². The molecule has 8 nitrogen and oxygen atoms in total. The zero-order chi connectivity index (χ0) is 30.3. The first-order valence-corrected chi connectivity index (χ1v) is 17.7. The van der Waals surface area contributed by atoms with Crippen LogP contribution < -0.4 is 10.6 Å². The lowest BCUT2D eigenvalue weighted by Crippen LogP contribution is -2.58. The van der Waals surface area contributed by atoms with Gasteiger partial charge in [-0.3, -0.25) is 19.3 Å². The van der Waals surface area contributed by atoms with E-state index in [9.17, 15) is 14.4 Å². The number of benzene rings is 1. The zero-order valence-corrected chi connectivity index (χ0v) is 26.9. The van der Waals surface area contributed by atoms with Crippen molar-refractivity contribution in [1.29, 1.82) is 0 Å². The van der Waals surface area contributed by atoms with Gasteiger partial charge in [-0.2, -0.15) is 0 Å². The number of hydrogen-bond donors (Lipinski definition) is 2. The average Bonchev–Trinajstić information content (AvgIpc) is 3.65. The maximum absolute atomic E-state index is 14.4. The highest BCUT2D eigenvalue weighted by Gasteiger charge is 2.72. The number of carbonyl (C=O) groups excluding carboxylic acids is 3. The Morgan fingerprint density at radius 1 is 1.09 bits per heavy atom. The summed E-state index contributed by atoms with van der Waals surface area (Å²) >= 11 is 1.61. The van der Waals surface area contributed by atoms with E-state index in [4.69, 9.17) is 4.74 Å². The fourth-order valence-corrected chi connectivity index (χ4v) is 8.99. The van der Waals surface area contributed by atoms with Gasteiger partial charge in [-0.05, 0) is 68.5 Å². The van der Waals surface area contributed by atoms with Gasteiger partial charge < -0.3 is 20.3 Å². The van der Waals surface area contributed by atoms with E-state index in [-0.39, 0.29) is 23.8 Å². The first-order chi connectivity index (χ1) is 20.8. The van der Waals surface area contributed by atoms with Crippen molar-refractivity contribution >= 4 is 35.2 Å². The molecule has 1 spiro atoms. The smallest absolute Gasteiger partial charge is 0.246 e. The van der Waals surface area contributed by atoms with Gasteiger partial charge in [-0.25, -0.2) is 0 Å². The molecule has 1 saturated carbocycles. The van der Waals surface area contributed by atoms with Crippen LogP contribution in [0.3, 0.4) is 0 Å². The molecule has 9 atom stereocenters. The predicted molar refractivity (Wildman–Crippen MR) is 170 cm³/mol. The third-order valence-corrected chi connectivity index (χ3v) is 11.9. The summed E-state index contributed by atoms with van der Waals surface area (Å²) in [5.74, 6) is -1.04. The molecule has 2 bridgehead atoms. The first kappa shape index (κ1) is 30.7. The summed E-state index contributed by atoms with van der Waals surface area (Å²) in [6.45, 7) is 8.90. The summed E-state index contributed by atoms with van der Waals surface area (Å²) in [4.78, 5) is 47.9. The number of piperidine rings is 1. The van der Waals surface area contributed by atoms with E-state index in [2.05, 4.69) is 36.3 Å². The number of likely N-dealkylation sites (tertiary alicyclic amines) is 2. The molecule has 1 aliphatic carbocycles. The second-order valence-corrected chi connectivity index (χ2v) is 14.3. The second-order valence-electron chi connectivity index (χ2n) is 13.4. The van der Waals surface area contributed by atoms with Gasteiger partial charge in [0.15, 0.2) is 0 Å². The van der Waals surface area contributed by atoms with Crippen LogP contribution in [0, 0.1) is 23.7 Å². The van der Waals surface area contributed by atoms with Crippen LogP contribution in [0.4, 0.5) is 5.69 Å². The fraction of sp³-hybridized carbons (Fsp3) is 0.676. The highest BCUT2D eigenvalue weighted by molar-refractivity contribution is 7.98. The normalized spacial score (nSPS) is 37.0. The molecule has 43 heavy (non-hydrogen) atoms. The lowest BCUT2D eigenvalue weighted by molar-refractivity contribution is -0.142. The van der Waals surface area contributed by atoms with E-state index < -0.39 is 29.6 Å². The van der Waals surface area contributed by atoms with Gasteiger partial charge in [0.25, 0.3) is 0 Å². The number of thioether (sulfide) groups is 1. The molecule has 234 valence electrons. The monoisotopic (exact) mass is 608 g/mol. The number of nitrogens with zero attached hydrogens (tertiary/aromatic N) is 2. The number of ether oxygens (including phenoxy) is 1. The number of anilines is 1. The molecule has 4 heterocycles. The fourth-order valence-electron chi connectivity index (χ4n) is 8.53. The number of amides is 3. The highest BCUT2D eigenvalue weighted by atomic mass is 32.2. The van der Waals surface area contributed by atoms with Gasteiger partial charge in [0, 0.05) is 35.8 Å². The van der Waals surface area contributed by atoms with Crippen molar-refractivity contribution in [2.24, 2.45) is 23.7 Å². The molecule has 0 radical (unpaired) electrons. The molecular weight excluding hydrogens is 560 g/mol. The number of nitrogens with one attached hydrogen (secondary N) is 2. The molecule has 2 N–H and O–H groups in total. The van der Waals surface area contributed by atoms with Gasteiger partial charge >= 0.3 is 0 Å². The molecule has 1 aromatic rings. The standard InChI is InChI=1S/C34H48N4O4S/c1-5-24-12-6-7-17-37(24)18-19-38-30(32(40)36-26-14-8-10-21(2)22(26)3)34-16-15-27(42-34)28(29(34)33(38)41)31(39)35-23-11-9-13-25(20-23)43-4/h9,11,13,15-16,20-22,24,26-30H,5-8,10,12,14,17-19H2,1-4H3,(H,35,39)(H,36,40). The van der Waals surface area contributed by atoms with E-state index in [0.717, 1.165) is 43.7 Å². The quantitative estimate of drug-likeness (QED) is 0.312. The number of rotatable bonds is 9. The largest absolute Gasteiger partial charge is 0.359 e. The van der Waals surface area contributed by atoms with Gasteiger partial charge in [0.2, 0.25) is 17.7 Å². The minimum absolute atomic E-state index is 0.0700. The third kappa shape index (κ3) is 5.54. The Labute approximate surface area is 260 Å². The zero-order valence-electron chi connectivity index (χ0n) is 26.1. The lowest BCUT2D eigenvalue weighted by atomic mass is 9.73. The summed E-state index contributed by atoms with van der Waals surface area (Å²) in [6, 6.07) is 7.50. The molecule has 3 amide bonds. The topological polar surface area (TPSA) is 91.0 Å². The van der Waals surface area contributed by atoms with Crippen molar-refractivity contribution in [3.8, 4) is 0 Å². The van der Waals surface area contributed by atoms with Gasteiger partial charge in [-0.1, -0.05) is 58.3 Å². The Hall–Kier alpha value is -2.36. The summed E-state index contributed by atoms with van der Waals surface area (Å²) in [7, 11) is 0. The molecule has 9 unspecified atom stereocenters. The van der Waals surface area contributed by atoms with Crippen molar-refractivity contribution in [1.82, 2.24) is 15.1 Å². The lowest BCUT2D eigenvalue weighted by Gasteiger charge is -2.39.